The summed E-state index contributed by atoms with van der Waals surface area (Å²) in [5, 5.41) is 14.9. The van der Waals surface area contributed by atoms with Crippen molar-refractivity contribution in [1.29, 1.82) is 0 Å². The average molecular weight is 348 g/mol. The van der Waals surface area contributed by atoms with Crippen LogP contribution in [0.3, 0.4) is 0 Å². The summed E-state index contributed by atoms with van der Waals surface area (Å²) in [7, 11) is 0. The molecule has 2 heterocycles. The Hall–Kier alpha value is -2.02. The van der Waals surface area contributed by atoms with Crippen LogP contribution in [-0.2, 0) is 20.8 Å². The van der Waals surface area contributed by atoms with E-state index in [1.165, 1.54) is 11.8 Å². The van der Waals surface area contributed by atoms with Crippen LogP contribution in [0.2, 0.25) is 0 Å². The van der Waals surface area contributed by atoms with Gasteiger partial charge in [0.25, 0.3) is 0 Å². The summed E-state index contributed by atoms with van der Waals surface area (Å²) in [6, 6.07) is 7.63. The lowest BCUT2D eigenvalue weighted by Gasteiger charge is -2.26. The van der Waals surface area contributed by atoms with E-state index in [4.69, 9.17) is 0 Å². The zero-order valence-electron chi connectivity index (χ0n) is 13.2. The molecule has 3 N–H and O–H groups in total. The van der Waals surface area contributed by atoms with Crippen LogP contribution in [0.15, 0.2) is 24.3 Å². The molecule has 128 valence electrons. The minimum absolute atomic E-state index is 0.0779. The second kappa shape index (κ2) is 6.84. The Balaban J connectivity index is 1.57. The van der Waals surface area contributed by atoms with E-state index in [1.54, 1.807) is 0 Å². The van der Waals surface area contributed by atoms with Crippen LogP contribution < -0.4 is 10.6 Å². The SMILES string of the molecule is O=C(CCC1Cc2ccccc2NC1=O)NC1(C(=O)O)CCSC1. The second-order valence-electron chi connectivity index (χ2n) is 6.32. The predicted molar refractivity (Wildman–Crippen MR) is 92.0 cm³/mol. The molecule has 0 spiro atoms. The quantitative estimate of drug-likeness (QED) is 0.752. The van der Waals surface area contributed by atoms with Crippen molar-refractivity contribution in [2.45, 2.75) is 31.2 Å². The lowest BCUT2D eigenvalue weighted by Crippen LogP contribution is -2.54. The molecule has 3 rings (SSSR count). The Morgan fingerprint density at radius 3 is 2.88 bits per heavy atom. The van der Waals surface area contributed by atoms with E-state index in [0.717, 1.165) is 17.0 Å². The van der Waals surface area contributed by atoms with Crippen LogP contribution >= 0.6 is 11.8 Å². The van der Waals surface area contributed by atoms with Crippen LogP contribution in [0, 0.1) is 5.92 Å². The van der Waals surface area contributed by atoms with Crippen molar-refractivity contribution in [3.8, 4) is 0 Å². The highest BCUT2D eigenvalue weighted by atomic mass is 32.2. The molecule has 24 heavy (non-hydrogen) atoms. The summed E-state index contributed by atoms with van der Waals surface area (Å²) in [5.74, 6) is -0.494. The van der Waals surface area contributed by atoms with Crippen molar-refractivity contribution in [2.24, 2.45) is 5.92 Å². The summed E-state index contributed by atoms with van der Waals surface area (Å²) in [4.78, 5) is 35.8. The highest BCUT2D eigenvalue weighted by molar-refractivity contribution is 7.99. The van der Waals surface area contributed by atoms with E-state index in [1.807, 2.05) is 24.3 Å². The molecule has 0 radical (unpaired) electrons. The number of benzene rings is 1. The topological polar surface area (TPSA) is 95.5 Å². The van der Waals surface area contributed by atoms with Crippen LogP contribution in [0.5, 0.6) is 0 Å². The summed E-state index contributed by atoms with van der Waals surface area (Å²) in [6.07, 6.45) is 1.61. The third-order valence-electron chi connectivity index (χ3n) is 4.64. The van der Waals surface area contributed by atoms with E-state index in [-0.39, 0.29) is 24.2 Å². The van der Waals surface area contributed by atoms with Gasteiger partial charge in [-0.3, -0.25) is 9.59 Å². The summed E-state index contributed by atoms with van der Waals surface area (Å²) in [6.45, 7) is 0. The zero-order chi connectivity index (χ0) is 17.2. The smallest absolute Gasteiger partial charge is 0.330 e. The number of amides is 2. The van der Waals surface area contributed by atoms with Gasteiger partial charge in [0, 0.05) is 23.8 Å². The lowest BCUT2D eigenvalue weighted by atomic mass is 9.89. The fourth-order valence-corrected chi connectivity index (χ4v) is 4.49. The molecule has 2 aliphatic rings. The number of nitrogens with one attached hydrogen (secondary N) is 2. The number of carbonyl (C=O) groups is 3. The van der Waals surface area contributed by atoms with Gasteiger partial charge < -0.3 is 15.7 Å². The first-order valence-corrected chi connectivity index (χ1v) is 9.16. The largest absolute Gasteiger partial charge is 0.479 e. The Morgan fingerprint density at radius 1 is 1.38 bits per heavy atom. The number of thioether (sulfide) groups is 1. The molecule has 0 bridgehead atoms. The molecular weight excluding hydrogens is 328 g/mol. The highest BCUT2D eigenvalue weighted by Gasteiger charge is 2.43. The normalized spacial score (nSPS) is 25.7. The molecule has 0 aliphatic carbocycles. The molecule has 6 nitrogen and oxygen atoms in total. The van der Waals surface area contributed by atoms with E-state index in [0.29, 0.717) is 25.0 Å². The maximum Gasteiger partial charge on any atom is 0.330 e. The van der Waals surface area contributed by atoms with Crippen LogP contribution in [0.4, 0.5) is 5.69 Å². The molecule has 0 aromatic heterocycles. The molecule has 7 heteroatoms. The lowest BCUT2D eigenvalue weighted by molar-refractivity contribution is -0.146. The first kappa shape index (κ1) is 16.8. The van der Waals surface area contributed by atoms with Crippen molar-refractivity contribution >= 4 is 35.2 Å². The van der Waals surface area contributed by atoms with Gasteiger partial charge in [-0.25, -0.2) is 4.79 Å². The summed E-state index contributed by atoms with van der Waals surface area (Å²) in [5.41, 5.74) is 0.746. The van der Waals surface area contributed by atoms with Gasteiger partial charge in [-0.2, -0.15) is 11.8 Å². The predicted octanol–water partition coefficient (Wildman–Crippen LogP) is 1.65. The molecule has 1 aromatic carbocycles. The maximum atomic E-state index is 12.2. The van der Waals surface area contributed by atoms with E-state index in [2.05, 4.69) is 10.6 Å². The molecular formula is C17H20N2O4S. The van der Waals surface area contributed by atoms with Gasteiger partial charge in [-0.15, -0.1) is 0 Å². The van der Waals surface area contributed by atoms with Crippen LogP contribution in [-0.4, -0.2) is 39.9 Å². The Labute approximate surface area is 144 Å². The third-order valence-corrected chi connectivity index (χ3v) is 5.83. The van der Waals surface area contributed by atoms with Crippen molar-refractivity contribution in [3.63, 3.8) is 0 Å². The molecule has 0 saturated carbocycles. The Kier molecular flexibility index (Phi) is 4.80. The zero-order valence-corrected chi connectivity index (χ0v) is 14.0. The number of hydrogen-bond acceptors (Lipinski definition) is 4. The van der Waals surface area contributed by atoms with Gasteiger partial charge in [-0.1, -0.05) is 18.2 Å². The molecule has 2 atom stereocenters. The number of fused-ring (bicyclic) bond motifs is 1. The van der Waals surface area contributed by atoms with Gasteiger partial charge in [0.1, 0.15) is 5.54 Å². The monoisotopic (exact) mass is 348 g/mol. The number of carbonyl (C=O) groups excluding carboxylic acids is 2. The van der Waals surface area contributed by atoms with Gasteiger partial charge in [0.05, 0.1) is 0 Å². The molecule has 1 aromatic rings. The summed E-state index contributed by atoms with van der Waals surface area (Å²) < 4.78 is 0. The standard InChI is InChI=1S/C17H20N2O4S/c20-14(19-17(16(22)23)7-8-24-10-17)6-5-12-9-11-3-1-2-4-13(11)18-15(12)21/h1-4,12H,5-10H2,(H,18,21)(H,19,20)(H,22,23). The van der Waals surface area contributed by atoms with E-state index < -0.39 is 11.5 Å². The number of para-hydroxylation sites is 1. The molecule has 2 unspecified atom stereocenters. The molecule has 2 amide bonds. The van der Waals surface area contributed by atoms with Crippen molar-refractivity contribution in [3.05, 3.63) is 29.8 Å². The number of hydrogen-bond donors (Lipinski definition) is 3. The molecule has 1 saturated heterocycles. The van der Waals surface area contributed by atoms with Crippen LogP contribution in [0.25, 0.3) is 0 Å². The Morgan fingerprint density at radius 2 is 2.17 bits per heavy atom. The first-order valence-electron chi connectivity index (χ1n) is 8.01. The van der Waals surface area contributed by atoms with Crippen LogP contribution in [0.1, 0.15) is 24.8 Å². The molecule has 1 fully saturated rings. The third kappa shape index (κ3) is 3.40. The first-order chi connectivity index (χ1) is 11.5. The van der Waals surface area contributed by atoms with Crippen molar-refractivity contribution in [1.82, 2.24) is 5.32 Å². The molecule has 2 aliphatic heterocycles. The number of carboxylic acid groups (broad SMARTS) is 1. The minimum Gasteiger partial charge on any atom is -0.479 e. The Bertz CT molecular complexity index is 670. The number of rotatable bonds is 5. The number of anilines is 1. The van der Waals surface area contributed by atoms with Gasteiger partial charge >= 0.3 is 5.97 Å². The van der Waals surface area contributed by atoms with Gasteiger partial charge in [0.2, 0.25) is 11.8 Å². The minimum atomic E-state index is -1.15. The summed E-state index contributed by atoms with van der Waals surface area (Å²) >= 11 is 1.53. The van der Waals surface area contributed by atoms with E-state index in [9.17, 15) is 19.5 Å². The average Bonchev–Trinajstić information content (AvgIpc) is 3.02. The number of aliphatic carboxylic acids is 1. The van der Waals surface area contributed by atoms with Crippen molar-refractivity contribution in [2.75, 3.05) is 16.8 Å². The fourth-order valence-electron chi connectivity index (χ4n) is 3.17. The van der Waals surface area contributed by atoms with Gasteiger partial charge in [0.15, 0.2) is 0 Å². The fraction of sp³-hybridized carbons (Fsp3) is 0.471. The van der Waals surface area contributed by atoms with E-state index >= 15 is 0 Å². The highest BCUT2D eigenvalue weighted by Crippen LogP contribution is 2.30. The van der Waals surface area contributed by atoms with Crippen molar-refractivity contribution < 1.29 is 19.5 Å². The number of carboxylic acids is 1. The van der Waals surface area contributed by atoms with Gasteiger partial charge in [-0.05, 0) is 36.6 Å². The maximum absolute atomic E-state index is 12.2. The second-order valence-corrected chi connectivity index (χ2v) is 7.43.